The molecule has 0 fully saturated rings. The predicted molar refractivity (Wildman–Crippen MR) is 87.1 cm³/mol. The van der Waals surface area contributed by atoms with Crippen LogP contribution in [0.5, 0.6) is 0 Å². The quantitative estimate of drug-likeness (QED) is 0.795. The van der Waals surface area contributed by atoms with Crippen LogP contribution in [0.4, 0.5) is 0 Å². The van der Waals surface area contributed by atoms with Gasteiger partial charge in [0, 0.05) is 27.5 Å². The van der Waals surface area contributed by atoms with Gasteiger partial charge in [0.25, 0.3) is 0 Å². The highest BCUT2D eigenvalue weighted by Crippen LogP contribution is 2.21. The number of rotatable bonds is 7. The molecule has 2 aromatic heterocycles. The Labute approximate surface area is 129 Å². The summed E-state index contributed by atoms with van der Waals surface area (Å²) >= 11 is 1.57. The molecule has 7 heteroatoms. The summed E-state index contributed by atoms with van der Waals surface area (Å²) in [7, 11) is -1.09. The topological polar surface area (TPSA) is 68.0 Å². The first kappa shape index (κ1) is 15.9. The Kier molecular flexibility index (Phi) is 5.30. The van der Waals surface area contributed by atoms with Crippen molar-refractivity contribution < 1.29 is 9.32 Å². The minimum absolute atomic E-state index is 0.0455. The van der Waals surface area contributed by atoms with Crippen LogP contribution in [-0.2, 0) is 11.2 Å². The SMILES string of the molecule is C[Si](C)(C)CCNC(=O)CCc1nc(-c2cccs2)no1. The maximum absolute atomic E-state index is 11.8. The van der Waals surface area contributed by atoms with Gasteiger partial charge in [-0.15, -0.1) is 11.3 Å². The maximum Gasteiger partial charge on any atom is 0.227 e. The fourth-order valence-electron chi connectivity index (χ4n) is 1.75. The van der Waals surface area contributed by atoms with Crippen molar-refractivity contribution in [3.05, 3.63) is 23.4 Å². The number of aromatic nitrogens is 2. The molecular weight excluding hydrogens is 302 g/mol. The standard InChI is InChI=1S/C14H21N3O2SSi/c1-21(2,3)10-8-15-12(18)6-7-13-16-14(17-19-13)11-5-4-9-20-11/h4-5,9H,6-8,10H2,1-3H3,(H,15,18). The number of carbonyl (C=O) groups is 1. The zero-order chi connectivity index (χ0) is 15.3. The van der Waals surface area contributed by atoms with Crippen molar-refractivity contribution >= 4 is 25.3 Å². The van der Waals surface area contributed by atoms with Crippen molar-refractivity contribution in [2.24, 2.45) is 0 Å². The van der Waals surface area contributed by atoms with Gasteiger partial charge in [-0.3, -0.25) is 4.79 Å². The van der Waals surface area contributed by atoms with Crippen LogP contribution < -0.4 is 5.32 Å². The highest BCUT2D eigenvalue weighted by molar-refractivity contribution is 7.13. The lowest BCUT2D eigenvalue weighted by atomic mass is 10.3. The first-order valence-corrected chi connectivity index (χ1v) is 11.7. The second-order valence-electron chi connectivity index (χ2n) is 6.15. The van der Waals surface area contributed by atoms with Crippen molar-refractivity contribution in [3.8, 4) is 10.7 Å². The number of hydrogen-bond acceptors (Lipinski definition) is 5. The van der Waals surface area contributed by atoms with Crippen LogP contribution in [0.3, 0.4) is 0 Å². The fraction of sp³-hybridized carbons (Fsp3) is 0.500. The summed E-state index contributed by atoms with van der Waals surface area (Å²) in [5.41, 5.74) is 0. The molecular formula is C14H21N3O2SSi. The third-order valence-electron chi connectivity index (χ3n) is 2.97. The number of hydrogen-bond donors (Lipinski definition) is 1. The first-order chi connectivity index (χ1) is 9.94. The van der Waals surface area contributed by atoms with Gasteiger partial charge in [-0.2, -0.15) is 4.98 Å². The number of aryl methyl sites for hydroxylation is 1. The Balaban J connectivity index is 1.74. The summed E-state index contributed by atoms with van der Waals surface area (Å²) < 4.78 is 5.17. The molecule has 0 bridgehead atoms. The van der Waals surface area contributed by atoms with E-state index in [-0.39, 0.29) is 5.91 Å². The normalized spacial score (nSPS) is 11.6. The molecule has 114 valence electrons. The van der Waals surface area contributed by atoms with Gasteiger partial charge >= 0.3 is 0 Å². The minimum atomic E-state index is -1.09. The van der Waals surface area contributed by atoms with Crippen molar-refractivity contribution in [2.75, 3.05) is 6.54 Å². The number of nitrogens with zero attached hydrogens (tertiary/aromatic N) is 2. The molecule has 21 heavy (non-hydrogen) atoms. The number of nitrogens with one attached hydrogen (secondary N) is 1. The van der Waals surface area contributed by atoms with Crippen LogP contribution in [-0.4, -0.2) is 30.7 Å². The third kappa shape index (κ3) is 5.43. The van der Waals surface area contributed by atoms with E-state index in [9.17, 15) is 4.79 Å². The van der Waals surface area contributed by atoms with E-state index in [1.54, 1.807) is 11.3 Å². The summed E-state index contributed by atoms with van der Waals surface area (Å²) in [6.45, 7) is 7.65. The van der Waals surface area contributed by atoms with Crippen molar-refractivity contribution in [1.82, 2.24) is 15.5 Å². The lowest BCUT2D eigenvalue weighted by Crippen LogP contribution is -2.31. The minimum Gasteiger partial charge on any atom is -0.356 e. The van der Waals surface area contributed by atoms with Gasteiger partial charge in [0.2, 0.25) is 17.6 Å². The monoisotopic (exact) mass is 323 g/mol. The molecule has 0 saturated carbocycles. The van der Waals surface area contributed by atoms with Crippen LogP contribution in [0, 0.1) is 0 Å². The highest BCUT2D eigenvalue weighted by Gasteiger charge is 2.14. The van der Waals surface area contributed by atoms with Gasteiger partial charge in [0.1, 0.15) is 0 Å². The van der Waals surface area contributed by atoms with E-state index in [4.69, 9.17) is 4.52 Å². The molecule has 0 spiro atoms. The van der Waals surface area contributed by atoms with Crippen molar-refractivity contribution in [2.45, 2.75) is 38.5 Å². The van der Waals surface area contributed by atoms with Gasteiger partial charge in [-0.25, -0.2) is 0 Å². The van der Waals surface area contributed by atoms with E-state index in [2.05, 4.69) is 35.1 Å². The Bertz CT molecular complexity index is 575. The van der Waals surface area contributed by atoms with Crippen LogP contribution in [0.2, 0.25) is 25.7 Å². The Morgan fingerprint density at radius 3 is 2.90 bits per heavy atom. The molecule has 0 aliphatic rings. The van der Waals surface area contributed by atoms with Crippen LogP contribution >= 0.6 is 11.3 Å². The number of carbonyl (C=O) groups excluding carboxylic acids is 1. The van der Waals surface area contributed by atoms with E-state index in [0.29, 0.717) is 24.6 Å². The van der Waals surface area contributed by atoms with Crippen LogP contribution in [0.15, 0.2) is 22.0 Å². The Morgan fingerprint density at radius 2 is 2.24 bits per heavy atom. The van der Waals surface area contributed by atoms with E-state index < -0.39 is 8.07 Å². The fourth-order valence-corrected chi connectivity index (χ4v) is 3.27. The average Bonchev–Trinajstić information content (AvgIpc) is 3.05. The average molecular weight is 323 g/mol. The van der Waals surface area contributed by atoms with Gasteiger partial charge in [-0.05, 0) is 17.5 Å². The third-order valence-corrected chi connectivity index (χ3v) is 5.59. The lowest BCUT2D eigenvalue weighted by molar-refractivity contribution is -0.121. The second-order valence-corrected chi connectivity index (χ2v) is 12.7. The van der Waals surface area contributed by atoms with Crippen LogP contribution in [0.1, 0.15) is 12.3 Å². The summed E-state index contributed by atoms with van der Waals surface area (Å²) in [5.74, 6) is 1.15. The van der Waals surface area contributed by atoms with Gasteiger partial charge in [0.05, 0.1) is 4.88 Å². The molecule has 2 rings (SSSR count). The molecule has 1 N–H and O–H groups in total. The summed E-state index contributed by atoms with van der Waals surface area (Å²) in [4.78, 5) is 17.0. The van der Waals surface area contributed by atoms with E-state index in [1.807, 2.05) is 17.5 Å². The zero-order valence-electron chi connectivity index (χ0n) is 12.7. The molecule has 0 atom stereocenters. The predicted octanol–water partition coefficient (Wildman–Crippen LogP) is 3.19. The van der Waals surface area contributed by atoms with E-state index >= 15 is 0 Å². The molecule has 1 amide bonds. The molecule has 0 saturated heterocycles. The number of thiophene rings is 1. The molecule has 0 aromatic carbocycles. The van der Waals surface area contributed by atoms with E-state index in [1.165, 1.54) is 0 Å². The number of amides is 1. The maximum atomic E-state index is 11.8. The summed E-state index contributed by atoms with van der Waals surface area (Å²) in [5, 5.41) is 8.85. The first-order valence-electron chi connectivity index (χ1n) is 7.07. The summed E-state index contributed by atoms with van der Waals surface area (Å²) in [6, 6.07) is 4.99. The van der Waals surface area contributed by atoms with Gasteiger partial charge in [0.15, 0.2) is 0 Å². The van der Waals surface area contributed by atoms with Crippen LogP contribution in [0.25, 0.3) is 10.7 Å². The highest BCUT2D eigenvalue weighted by atomic mass is 32.1. The van der Waals surface area contributed by atoms with E-state index in [0.717, 1.165) is 17.5 Å². The Morgan fingerprint density at radius 1 is 1.43 bits per heavy atom. The molecule has 2 aromatic rings. The molecule has 2 heterocycles. The largest absolute Gasteiger partial charge is 0.356 e. The van der Waals surface area contributed by atoms with Crippen molar-refractivity contribution in [1.29, 1.82) is 0 Å². The summed E-state index contributed by atoms with van der Waals surface area (Å²) in [6.07, 6.45) is 0.870. The molecule has 0 radical (unpaired) electrons. The zero-order valence-corrected chi connectivity index (χ0v) is 14.5. The second kappa shape index (κ2) is 6.99. The lowest BCUT2D eigenvalue weighted by Gasteiger charge is -2.15. The van der Waals surface area contributed by atoms with Gasteiger partial charge < -0.3 is 9.84 Å². The van der Waals surface area contributed by atoms with Crippen molar-refractivity contribution in [3.63, 3.8) is 0 Å². The van der Waals surface area contributed by atoms with Gasteiger partial charge in [-0.1, -0.05) is 30.9 Å². The molecule has 0 aliphatic carbocycles. The molecule has 0 unspecified atom stereocenters. The molecule has 5 nitrogen and oxygen atoms in total. The molecule has 0 aliphatic heterocycles. The Hall–Kier alpha value is -1.47. The smallest absolute Gasteiger partial charge is 0.227 e.